The van der Waals surface area contributed by atoms with Gasteiger partial charge in [-0.3, -0.25) is 0 Å². The molecular formula is C20H16Cl2F26O2S2. The van der Waals surface area contributed by atoms with E-state index in [0.717, 1.165) is 0 Å². The fraction of sp³-hybridized carbons (Fsp3) is 1.00. The van der Waals surface area contributed by atoms with Crippen LogP contribution in [0.15, 0.2) is 0 Å². The van der Waals surface area contributed by atoms with E-state index in [4.69, 9.17) is 23.2 Å². The van der Waals surface area contributed by atoms with E-state index >= 15 is 0 Å². The highest BCUT2D eigenvalue weighted by atomic mass is 35.5. The predicted molar refractivity (Wildman–Crippen MR) is 128 cm³/mol. The SMILES string of the molecule is FC(F)(F)C(F)(F)C(F)(F)C(F)(F)C(F)(F)C(F)(F)CCSCCCl.O=S(=O)(CCCl)CCC(F)(F)C(F)(F)C(F)(F)C(F)(F)C(F)(F)C(F)(F)F. The van der Waals surface area contributed by atoms with Crippen LogP contribution in [0.2, 0.25) is 0 Å². The summed E-state index contributed by atoms with van der Waals surface area (Å²) < 4.78 is 353. The molecule has 0 rings (SSSR count). The molecule has 0 spiro atoms. The first kappa shape index (κ1) is 53.2. The summed E-state index contributed by atoms with van der Waals surface area (Å²) in [5.74, 6) is -79.2. The van der Waals surface area contributed by atoms with Crippen molar-refractivity contribution in [3.05, 3.63) is 0 Å². The quantitative estimate of drug-likeness (QED) is 0.0781. The molecule has 0 aromatic carbocycles. The standard InChI is InChI=1S/C10H8ClF13O2S.C10H8ClF13S/c11-2-4-27(25,26)3-1-5(12,13)6(14,15)7(16,17)8(18,19)9(20,21)10(22,23)24;11-2-4-25-3-1-5(12,13)6(14,15)7(16,17)8(18,19)9(20,21)10(22,23)24/h1-4H2;1-4H2. The molecule has 0 atom stereocenters. The fourth-order valence-electron chi connectivity index (χ4n) is 2.78. The van der Waals surface area contributed by atoms with Gasteiger partial charge in [0.1, 0.15) is 0 Å². The third-order valence-corrected chi connectivity index (χ3v) is 9.36. The van der Waals surface area contributed by atoms with E-state index in [1.807, 2.05) is 0 Å². The molecule has 0 aromatic rings. The fourth-order valence-corrected chi connectivity index (χ4v) is 5.53. The first-order valence-corrected chi connectivity index (χ1v) is 16.2. The Morgan fingerprint density at radius 2 is 0.654 bits per heavy atom. The van der Waals surface area contributed by atoms with Crippen LogP contribution < -0.4 is 0 Å². The summed E-state index contributed by atoms with van der Waals surface area (Å²) in [6.45, 7) is 0. The number of hydrogen-bond donors (Lipinski definition) is 0. The lowest BCUT2D eigenvalue weighted by atomic mass is 9.93. The summed E-state index contributed by atoms with van der Waals surface area (Å²) in [6, 6.07) is 0. The van der Waals surface area contributed by atoms with Crippen LogP contribution in [0.5, 0.6) is 0 Å². The van der Waals surface area contributed by atoms with Crippen molar-refractivity contribution in [3.63, 3.8) is 0 Å². The Morgan fingerprint density at radius 1 is 0.365 bits per heavy atom. The number of halogens is 28. The van der Waals surface area contributed by atoms with Gasteiger partial charge in [0.05, 0.1) is 11.5 Å². The third kappa shape index (κ3) is 9.89. The van der Waals surface area contributed by atoms with Crippen molar-refractivity contribution in [2.75, 3.05) is 34.8 Å². The van der Waals surface area contributed by atoms with E-state index in [1.54, 1.807) is 0 Å². The molecule has 0 amide bonds. The topological polar surface area (TPSA) is 34.1 Å². The molecule has 32 heteroatoms. The first-order chi connectivity index (χ1) is 22.3. The zero-order valence-electron chi connectivity index (χ0n) is 23.9. The minimum absolute atomic E-state index is 0.123. The summed E-state index contributed by atoms with van der Waals surface area (Å²) in [7, 11) is -4.66. The molecule has 0 saturated carbocycles. The molecule has 0 saturated heterocycles. The molecule has 2 nitrogen and oxygen atoms in total. The maximum Gasteiger partial charge on any atom is 0.460 e. The van der Waals surface area contributed by atoms with E-state index in [2.05, 4.69) is 0 Å². The summed E-state index contributed by atoms with van der Waals surface area (Å²) in [5.41, 5.74) is 0. The van der Waals surface area contributed by atoms with Crippen LogP contribution in [0.4, 0.5) is 114 Å². The third-order valence-electron chi connectivity index (χ3n) is 5.89. The Labute approximate surface area is 286 Å². The number of rotatable bonds is 18. The Balaban J connectivity index is 0. The molecule has 0 N–H and O–H groups in total. The van der Waals surface area contributed by atoms with Gasteiger partial charge in [0.25, 0.3) is 0 Å². The van der Waals surface area contributed by atoms with E-state index < -0.39 is 117 Å². The molecule has 52 heavy (non-hydrogen) atoms. The molecule has 0 aromatic heterocycles. The van der Waals surface area contributed by atoms with Crippen molar-refractivity contribution in [2.45, 2.75) is 84.4 Å². The number of hydrogen-bond acceptors (Lipinski definition) is 3. The maximum absolute atomic E-state index is 13.3. The Bertz CT molecular complexity index is 1260. The van der Waals surface area contributed by atoms with Crippen molar-refractivity contribution < 1.29 is 123 Å². The summed E-state index contributed by atoms with van der Waals surface area (Å²) in [6.07, 6.45) is -19.8. The second-order valence-corrected chi connectivity index (χ2v) is 13.9. The number of sulfone groups is 1. The molecule has 0 bridgehead atoms. The summed E-state index contributed by atoms with van der Waals surface area (Å²) >= 11 is 10.4. The van der Waals surface area contributed by atoms with Gasteiger partial charge in [0.2, 0.25) is 0 Å². The molecule has 0 unspecified atom stereocenters. The largest absolute Gasteiger partial charge is 0.460 e. The van der Waals surface area contributed by atoms with Crippen molar-refractivity contribution in [2.24, 2.45) is 0 Å². The van der Waals surface area contributed by atoms with Crippen LogP contribution >= 0.6 is 35.0 Å². The monoisotopic (exact) mass is 916 g/mol. The average Bonchev–Trinajstić information content (AvgIpc) is 2.92. The van der Waals surface area contributed by atoms with E-state index in [1.165, 1.54) is 0 Å². The molecule has 0 heterocycles. The molecule has 316 valence electrons. The highest BCUT2D eigenvalue weighted by molar-refractivity contribution is 7.99. The second-order valence-electron chi connectivity index (χ2n) is 9.64. The van der Waals surface area contributed by atoms with Crippen molar-refractivity contribution >= 4 is 44.8 Å². The molecule has 0 aliphatic carbocycles. The lowest BCUT2D eigenvalue weighted by Crippen LogP contribution is -2.70. The van der Waals surface area contributed by atoms with Crippen LogP contribution in [-0.4, -0.2) is 115 Å². The minimum atomic E-state index is -8.00. The van der Waals surface area contributed by atoms with Gasteiger partial charge in [-0.25, -0.2) is 8.42 Å². The van der Waals surface area contributed by atoms with Gasteiger partial charge < -0.3 is 0 Å². The highest BCUT2D eigenvalue weighted by Gasteiger charge is 2.92. The molecule has 0 aliphatic heterocycles. The minimum Gasteiger partial charge on any atom is -0.229 e. The van der Waals surface area contributed by atoms with Gasteiger partial charge in [-0.1, -0.05) is 0 Å². The molecule has 0 fully saturated rings. The van der Waals surface area contributed by atoms with Crippen LogP contribution in [0, 0.1) is 0 Å². The zero-order valence-corrected chi connectivity index (χ0v) is 27.0. The van der Waals surface area contributed by atoms with Crippen molar-refractivity contribution in [1.82, 2.24) is 0 Å². The number of alkyl halides is 28. The van der Waals surface area contributed by atoms with Crippen molar-refractivity contribution in [1.29, 1.82) is 0 Å². The van der Waals surface area contributed by atoms with Gasteiger partial charge in [-0.05, 0) is 5.75 Å². The number of thioether (sulfide) groups is 1. The molecular weight excluding hydrogens is 901 g/mol. The van der Waals surface area contributed by atoms with E-state index in [9.17, 15) is 123 Å². The lowest BCUT2D eigenvalue weighted by molar-refractivity contribution is -0.439. The Morgan fingerprint density at radius 3 is 0.923 bits per heavy atom. The van der Waals surface area contributed by atoms with Gasteiger partial charge in [-0.2, -0.15) is 126 Å². The molecule has 0 radical (unpaired) electrons. The molecule has 0 aliphatic rings. The Kier molecular flexibility index (Phi) is 16.6. The second kappa shape index (κ2) is 16.3. The maximum atomic E-state index is 13.3. The van der Waals surface area contributed by atoms with Gasteiger partial charge >= 0.3 is 71.6 Å². The first-order valence-electron chi connectivity index (χ1n) is 12.1. The highest BCUT2D eigenvalue weighted by Crippen LogP contribution is 2.62. The summed E-state index contributed by atoms with van der Waals surface area (Å²) in [4.78, 5) is 0. The zero-order chi connectivity index (χ0) is 42.9. The van der Waals surface area contributed by atoms with Crippen LogP contribution in [0.1, 0.15) is 12.8 Å². The predicted octanol–water partition coefficient (Wildman–Crippen LogP) is 10.9. The van der Waals surface area contributed by atoms with Gasteiger partial charge in [0, 0.05) is 30.4 Å². The van der Waals surface area contributed by atoms with E-state index in [-0.39, 0.29) is 11.6 Å². The Hall–Kier alpha value is -0.940. The summed E-state index contributed by atoms with van der Waals surface area (Å²) in [5, 5.41) is 0. The normalized spacial score (nSPS) is 15.8. The lowest BCUT2D eigenvalue weighted by Gasteiger charge is -2.39. The smallest absolute Gasteiger partial charge is 0.229 e. The average molecular weight is 917 g/mol. The van der Waals surface area contributed by atoms with Gasteiger partial charge in [0.15, 0.2) is 9.84 Å². The van der Waals surface area contributed by atoms with Crippen LogP contribution in [0.25, 0.3) is 0 Å². The van der Waals surface area contributed by atoms with Crippen LogP contribution in [-0.2, 0) is 9.84 Å². The van der Waals surface area contributed by atoms with Crippen LogP contribution in [0.3, 0.4) is 0 Å². The van der Waals surface area contributed by atoms with E-state index in [0.29, 0.717) is 11.8 Å². The van der Waals surface area contributed by atoms with Crippen molar-refractivity contribution in [3.8, 4) is 0 Å². The van der Waals surface area contributed by atoms with Gasteiger partial charge in [-0.15, -0.1) is 23.2 Å².